The molecule has 0 N–H and O–H groups in total. The van der Waals surface area contributed by atoms with Crippen molar-refractivity contribution in [2.24, 2.45) is 0 Å². The Morgan fingerprint density at radius 1 is 1.50 bits per heavy atom. The number of methoxy groups -OCH3 is 1. The van der Waals surface area contributed by atoms with Gasteiger partial charge in [0.1, 0.15) is 5.82 Å². The maximum Gasteiger partial charge on any atom is 0.356 e. The highest BCUT2D eigenvalue weighted by Crippen LogP contribution is 2.22. The number of fused-ring (bicyclic) bond motifs is 1. The maximum atomic E-state index is 12.0. The van der Waals surface area contributed by atoms with Gasteiger partial charge < -0.3 is 14.0 Å². The van der Waals surface area contributed by atoms with E-state index in [9.17, 15) is 4.79 Å². The lowest BCUT2D eigenvalue weighted by atomic mass is 10.1. The topological polar surface area (TPSA) is 53.3 Å². The molecule has 18 heavy (non-hydrogen) atoms. The van der Waals surface area contributed by atoms with Crippen LogP contribution in [0.5, 0.6) is 0 Å². The minimum atomic E-state index is -0.260. The van der Waals surface area contributed by atoms with Crippen LogP contribution in [0.25, 0.3) is 0 Å². The van der Waals surface area contributed by atoms with Gasteiger partial charge >= 0.3 is 5.97 Å². The second kappa shape index (κ2) is 5.52. The number of esters is 1. The van der Waals surface area contributed by atoms with Gasteiger partial charge in [-0.1, -0.05) is 6.92 Å². The summed E-state index contributed by atoms with van der Waals surface area (Å²) in [5, 5.41) is 0. The second-order valence-electron chi connectivity index (χ2n) is 4.40. The molecule has 0 fully saturated rings. The molecule has 1 aliphatic heterocycles. The van der Waals surface area contributed by atoms with E-state index in [0.717, 1.165) is 37.3 Å². The number of hydrogen-bond acceptors (Lipinski definition) is 4. The summed E-state index contributed by atoms with van der Waals surface area (Å²) in [5.41, 5.74) is 1.46. The summed E-state index contributed by atoms with van der Waals surface area (Å²) in [7, 11) is 1.72. The van der Waals surface area contributed by atoms with Crippen molar-refractivity contribution in [3.8, 4) is 0 Å². The van der Waals surface area contributed by atoms with Crippen LogP contribution < -0.4 is 0 Å². The van der Waals surface area contributed by atoms with Crippen molar-refractivity contribution in [2.75, 3.05) is 13.7 Å². The number of aryl methyl sites for hydroxylation is 1. The number of nitrogens with zero attached hydrogens (tertiary/aromatic N) is 2. The molecule has 5 nitrogen and oxygen atoms in total. The molecule has 1 atom stereocenters. The zero-order chi connectivity index (χ0) is 13.1. The molecule has 0 amide bonds. The first-order chi connectivity index (χ1) is 8.71. The van der Waals surface area contributed by atoms with E-state index in [0.29, 0.717) is 12.3 Å². The van der Waals surface area contributed by atoms with Gasteiger partial charge in [-0.3, -0.25) is 0 Å². The van der Waals surface area contributed by atoms with Crippen molar-refractivity contribution >= 4 is 5.97 Å². The third-order valence-electron chi connectivity index (χ3n) is 3.34. The van der Waals surface area contributed by atoms with E-state index >= 15 is 0 Å². The van der Waals surface area contributed by atoms with Gasteiger partial charge in [-0.15, -0.1) is 0 Å². The van der Waals surface area contributed by atoms with Gasteiger partial charge in [-0.25, -0.2) is 9.78 Å². The Hall–Kier alpha value is -1.36. The molecule has 1 aliphatic rings. The highest BCUT2D eigenvalue weighted by molar-refractivity contribution is 5.89. The average molecular weight is 252 g/mol. The Kier molecular flexibility index (Phi) is 4.01. The minimum Gasteiger partial charge on any atom is -0.461 e. The summed E-state index contributed by atoms with van der Waals surface area (Å²) < 4.78 is 12.5. The fourth-order valence-electron chi connectivity index (χ4n) is 2.40. The van der Waals surface area contributed by atoms with Crippen LogP contribution in [-0.4, -0.2) is 35.3 Å². The molecule has 0 bridgehead atoms. The largest absolute Gasteiger partial charge is 0.461 e. The number of rotatable bonds is 4. The number of imidazole rings is 1. The van der Waals surface area contributed by atoms with Gasteiger partial charge in [0.05, 0.1) is 18.4 Å². The summed E-state index contributed by atoms with van der Waals surface area (Å²) in [5.74, 6) is 0.678. The monoisotopic (exact) mass is 252 g/mol. The molecule has 0 aromatic carbocycles. The Balaban J connectivity index is 2.35. The van der Waals surface area contributed by atoms with Crippen molar-refractivity contribution in [1.29, 1.82) is 0 Å². The van der Waals surface area contributed by atoms with Crippen molar-refractivity contribution < 1.29 is 14.3 Å². The van der Waals surface area contributed by atoms with E-state index in [1.165, 1.54) is 0 Å². The molecule has 0 saturated heterocycles. The SMILES string of the molecule is CCOC(=O)c1c(CC)nc2n1CC[C@@H](OC)C2. The van der Waals surface area contributed by atoms with E-state index in [-0.39, 0.29) is 12.1 Å². The quantitative estimate of drug-likeness (QED) is 0.763. The summed E-state index contributed by atoms with van der Waals surface area (Å²) in [6.07, 6.45) is 2.63. The Morgan fingerprint density at radius 3 is 2.89 bits per heavy atom. The van der Waals surface area contributed by atoms with Gasteiger partial charge in [-0.05, 0) is 19.8 Å². The summed E-state index contributed by atoms with van der Waals surface area (Å²) in [6, 6.07) is 0. The summed E-state index contributed by atoms with van der Waals surface area (Å²) in [4.78, 5) is 16.5. The van der Waals surface area contributed by atoms with Gasteiger partial charge in [0, 0.05) is 20.1 Å². The standard InChI is InChI=1S/C13H20N2O3/c1-4-10-12(13(16)18-5-2)15-7-6-9(17-3)8-11(15)14-10/h9H,4-8H2,1-3H3/t9-/m1/s1. The third-order valence-corrected chi connectivity index (χ3v) is 3.34. The first-order valence-corrected chi connectivity index (χ1v) is 6.49. The number of hydrogen-bond donors (Lipinski definition) is 0. The highest BCUT2D eigenvalue weighted by atomic mass is 16.5. The molecule has 2 rings (SSSR count). The molecule has 0 spiro atoms. The van der Waals surface area contributed by atoms with Crippen LogP contribution in [0.15, 0.2) is 0 Å². The van der Waals surface area contributed by atoms with Crippen LogP contribution in [0.3, 0.4) is 0 Å². The summed E-state index contributed by atoms with van der Waals surface area (Å²) >= 11 is 0. The zero-order valence-electron chi connectivity index (χ0n) is 11.2. The Labute approximate surface area is 107 Å². The number of aromatic nitrogens is 2. The molecule has 1 aromatic rings. The Morgan fingerprint density at radius 2 is 2.28 bits per heavy atom. The van der Waals surface area contributed by atoms with E-state index in [4.69, 9.17) is 9.47 Å². The fraction of sp³-hybridized carbons (Fsp3) is 0.692. The first-order valence-electron chi connectivity index (χ1n) is 6.49. The molecule has 0 radical (unpaired) electrons. The zero-order valence-corrected chi connectivity index (χ0v) is 11.2. The van der Waals surface area contributed by atoms with E-state index < -0.39 is 0 Å². The highest BCUT2D eigenvalue weighted by Gasteiger charge is 2.28. The molecule has 0 unspecified atom stereocenters. The van der Waals surface area contributed by atoms with Crippen LogP contribution in [0.1, 0.15) is 42.3 Å². The normalized spacial score (nSPS) is 18.5. The average Bonchev–Trinajstić information content (AvgIpc) is 2.76. The van der Waals surface area contributed by atoms with E-state index in [1.807, 2.05) is 18.4 Å². The fourth-order valence-corrected chi connectivity index (χ4v) is 2.40. The lowest BCUT2D eigenvalue weighted by Gasteiger charge is -2.22. The smallest absolute Gasteiger partial charge is 0.356 e. The van der Waals surface area contributed by atoms with Gasteiger partial charge in [0.2, 0.25) is 0 Å². The molecule has 5 heteroatoms. The number of ether oxygens (including phenoxy) is 2. The second-order valence-corrected chi connectivity index (χ2v) is 4.40. The third kappa shape index (κ3) is 2.27. The van der Waals surface area contributed by atoms with Crippen molar-refractivity contribution in [3.05, 3.63) is 17.2 Å². The van der Waals surface area contributed by atoms with Crippen LogP contribution in [0.4, 0.5) is 0 Å². The molecule has 0 aliphatic carbocycles. The molecule has 2 heterocycles. The lowest BCUT2D eigenvalue weighted by Crippen LogP contribution is -2.27. The van der Waals surface area contributed by atoms with Crippen LogP contribution in [-0.2, 0) is 28.9 Å². The van der Waals surface area contributed by atoms with Crippen LogP contribution in [0.2, 0.25) is 0 Å². The van der Waals surface area contributed by atoms with Crippen molar-refractivity contribution in [3.63, 3.8) is 0 Å². The summed E-state index contributed by atoms with van der Waals surface area (Å²) in [6.45, 7) is 4.99. The van der Waals surface area contributed by atoms with Crippen molar-refractivity contribution in [2.45, 2.75) is 45.8 Å². The molecule has 1 aromatic heterocycles. The van der Waals surface area contributed by atoms with Gasteiger partial charge in [-0.2, -0.15) is 0 Å². The Bertz CT molecular complexity index is 440. The van der Waals surface area contributed by atoms with Gasteiger partial charge in [0.25, 0.3) is 0 Å². The van der Waals surface area contributed by atoms with Crippen molar-refractivity contribution in [1.82, 2.24) is 9.55 Å². The van der Waals surface area contributed by atoms with E-state index in [1.54, 1.807) is 7.11 Å². The molecular formula is C13H20N2O3. The lowest BCUT2D eigenvalue weighted by molar-refractivity contribution is 0.0498. The van der Waals surface area contributed by atoms with Crippen LogP contribution >= 0.6 is 0 Å². The minimum absolute atomic E-state index is 0.208. The molecule has 100 valence electrons. The maximum absolute atomic E-state index is 12.0. The predicted molar refractivity (Wildman–Crippen MR) is 66.7 cm³/mol. The van der Waals surface area contributed by atoms with Crippen LogP contribution in [0, 0.1) is 0 Å². The number of carbonyl (C=O) groups excluding carboxylic acids is 1. The molecular weight excluding hydrogens is 232 g/mol. The van der Waals surface area contributed by atoms with E-state index in [2.05, 4.69) is 4.98 Å². The predicted octanol–water partition coefficient (Wildman–Crippen LogP) is 1.58. The van der Waals surface area contributed by atoms with Gasteiger partial charge in [0.15, 0.2) is 5.69 Å². The molecule has 0 saturated carbocycles. The first kappa shape index (κ1) is 13.1. The number of carbonyl (C=O) groups is 1.